The van der Waals surface area contributed by atoms with Gasteiger partial charge in [-0.1, -0.05) is 18.2 Å². The van der Waals surface area contributed by atoms with Crippen LogP contribution in [0, 0.1) is 11.3 Å². The first-order valence-corrected chi connectivity index (χ1v) is 7.37. The average molecular weight is 276 g/mol. The fourth-order valence-electron chi connectivity index (χ4n) is 2.27. The molecule has 0 aliphatic carbocycles. The third kappa shape index (κ3) is 3.72. The molecule has 1 unspecified atom stereocenters. The molecule has 4 nitrogen and oxygen atoms in total. The SMILES string of the molecule is N#Cc1ccccc1CN1CCSCC1CC(=O)O. The molecular formula is C14H16N2O2S. The number of benzene rings is 1. The number of carboxylic acids is 1. The zero-order valence-corrected chi connectivity index (χ0v) is 11.4. The zero-order valence-electron chi connectivity index (χ0n) is 10.6. The molecule has 0 radical (unpaired) electrons. The Bertz CT molecular complexity index is 498. The molecule has 0 spiro atoms. The molecule has 0 aromatic heterocycles. The molecule has 1 N–H and O–H groups in total. The first kappa shape index (κ1) is 13.9. The van der Waals surface area contributed by atoms with E-state index in [4.69, 9.17) is 10.4 Å². The first-order valence-electron chi connectivity index (χ1n) is 6.22. The number of carboxylic acid groups (broad SMARTS) is 1. The van der Waals surface area contributed by atoms with Crippen molar-refractivity contribution in [3.63, 3.8) is 0 Å². The number of thioether (sulfide) groups is 1. The minimum absolute atomic E-state index is 0.0583. The van der Waals surface area contributed by atoms with E-state index in [1.807, 2.05) is 18.2 Å². The van der Waals surface area contributed by atoms with Crippen LogP contribution in [0.5, 0.6) is 0 Å². The summed E-state index contributed by atoms with van der Waals surface area (Å²) in [5.74, 6) is 1.11. The normalized spacial score (nSPS) is 19.8. The predicted octanol–water partition coefficient (Wildman–Crippen LogP) is 1.95. The van der Waals surface area contributed by atoms with Crippen LogP contribution >= 0.6 is 11.8 Å². The van der Waals surface area contributed by atoms with Crippen LogP contribution < -0.4 is 0 Å². The molecule has 1 aliphatic heterocycles. The Balaban J connectivity index is 2.11. The molecule has 0 saturated carbocycles. The summed E-state index contributed by atoms with van der Waals surface area (Å²) in [6.45, 7) is 1.53. The molecule has 1 aliphatic rings. The fourth-order valence-corrected chi connectivity index (χ4v) is 3.40. The van der Waals surface area contributed by atoms with Crippen LogP contribution in [0.25, 0.3) is 0 Å². The van der Waals surface area contributed by atoms with Gasteiger partial charge in [-0.2, -0.15) is 17.0 Å². The van der Waals surface area contributed by atoms with Crippen LogP contribution in [0.1, 0.15) is 17.5 Å². The third-order valence-electron chi connectivity index (χ3n) is 3.27. The maximum atomic E-state index is 10.9. The number of rotatable bonds is 4. The van der Waals surface area contributed by atoms with Crippen molar-refractivity contribution in [1.82, 2.24) is 4.90 Å². The van der Waals surface area contributed by atoms with Crippen LogP contribution in [0.3, 0.4) is 0 Å². The van der Waals surface area contributed by atoms with Gasteiger partial charge in [-0.25, -0.2) is 0 Å². The van der Waals surface area contributed by atoms with Gasteiger partial charge in [0.25, 0.3) is 0 Å². The highest BCUT2D eigenvalue weighted by Crippen LogP contribution is 2.22. The number of carbonyl (C=O) groups is 1. The van der Waals surface area contributed by atoms with Gasteiger partial charge in [0, 0.05) is 30.6 Å². The van der Waals surface area contributed by atoms with Gasteiger partial charge in [0.1, 0.15) is 0 Å². The third-order valence-corrected chi connectivity index (χ3v) is 4.36. The van der Waals surface area contributed by atoms with Gasteiger partial charge in [-0.3, -0.25) is 9.69 Å². The van der Waals surface area contributed by atoms with Crippen LogP contribution in [0.4, 0.5) is 0 Å². The van der Waals surface area contributed by atoms with Gasteiger partial charge >= 0.3 is 5.97 Å². The van der Waals surface area contributed by atoms with Crippen LogP contribution in [0.15, 0.2) is 24.3 Å². The highest BCUT2D eigenvalue weighted by Gasteiger charge is 2.25. The molecule has 1 aromatic carbocycles. The summed E-state index contributed by atoms with van der Waals surface area (Å²) in [4.78, 5) is 13.1. The van der Waals surface area contributed by atoms with Crippen molar-refractivity contribution in [3.8, 4) is 6.07 Å². The molecule has 1 fully saturated rings. The molecule has 100 valence electrons. The van der Waals surface area contributed by atoms with Gasteiger partial charge < -0.3 is 5.11 Å². The van der Waals surface area contributed by atoms with Crippen molar-refractivity contribution < 1.29 is 9.90 Å². The molecule has 1 heterocycles. The lowest BCUT2D eigenvalue weighted by Gasteiger charge is -2.34. The number of nitrogens with zero attached hydrogens (tertiary/aromatic N) is 2. The summed E-state index contributed by atoms with van der Waals surface area (Å²) in [5, 5.41) is 18.1. The smallest absolute Gasteiger partial charge is 0.304 e. The Morgan fingerprint density at radius 3 is 3.05 bits per heavy atom. The molecule has 1 saturated heterocycles. The molecule has 5 heteroatoms. The molecule has 19 heavy (non-hydrogen) atoms. The Labute approximate surface area is 117 Å². The Morgan fingerprint density at radius 2 is 2.32 bits per heavy atom. The first-order chi connectivity index (χ1) is 9.20. The summed E-state index contributed by atoms with van der Waals surface area (Å²) in [6, 6.07) is 9.77. The van der Waals surface area contributed by atoms with Crippen molar-refractivity contribution in [1.29, 1.82) is 5.26 Å². The van der Waals surface area contributed by atoms with E-state index in [0.717, 1.165) is 23.6 Å². The van der Waals surface area contributed by atoms with E-state index in [9.17, 15) is 4.79 Å². The van der Waals surface area contributed by atoms with Crippen LogP contribution in [-0.2, 0) is 11.3 Å². The van der Waals surface area contributed by atoms with E-state index in [-0.39, 0.29) is 12.5 Å². The van der Waals surface area contributed by atoms with E-state index in [1.165, 1.54) is 0 Å². The second kappa shape index (κ2) is 6.60. The fraction of sp³-hybridized carbons (Fsp3) is 0.429. The average Bonchev–Trinajstić information content (AvgIpc) is 2.41. The van der Waals surface area contributed by atoms with Crippen molar-refractivity contribution in [2.75, 3.05) is 18.1 Å². The van der Waals surface area contributed by atoms with Gasteiger partial charge in [-0.05, 0) is 11.6 Å². The van der Waals surface area contributed by atoms with Crippen molar-refractivity contribution >= 4 is 17.7 Å². The van der Waals surface area contributed by atoms with E-state index in [1.54, 1.807) is 17.8 Å². The zero-order chi connectivity index (χ0) is 13.7. The van der Waals surface area contributed by atoms with Crippen molar-refractivity contribution in [2.45, 2.75) is 19.0 Å². The highest BCUT2D eigenvalue weighted by molar-refractivity contribution is 7.99. The quantitative estimate of drug-likeness (QED) is 0.910. The largest absolute Gasteiger partial charge is 0.481 e. The van der Waals surface area contributed by atoms with Gasteiger partial charge in [0.05, 0.1) is 18.1 Å². The number of nitriles is 1. The Hall–Kier alpha value is -1.51. The Kier molecular flexibility index (Phi) is 4.83. The van der Waals surface area contributed by atoms with Crippen molar-refractivity contribution in [2.24, 2.45) is 0 Å². The molecule has 1 aromatic rings. The summed E-state index contributed by atoms with van der Waals surface area (Å²) in [5.41, 5.74) is 1.65. The highest BCUT2D eigenvalue weighted by atomic mass is 32.2. The van der Waals surface area contributed by atoms with Gasteiger partial charge in [-0.15, -0.1) is 0 Å². The predicted molar refractivity (Wildman–Crippen MR) is 74.9 cm³/mol. The lowest BCUT2D eigenvalue weighted by atomic mass is 10.1. The lowest BCUT2D eigenvalue weighted by molar-refractivity contribution is -0.138. The van der Waals surface area contributed by atoms with E-state index >= 15 is 0 Å². The molecule has 1 atom stereocenters. The lowest BCUT2D eigenvalue weighted by Crippen LogP contribution is -2.43. The van der Waals surface area contributed by atoms with E-state index in [2.05, 4.69) is 11.0 Å². The Morgan fingerprint density at radius 1 is 1.53 bits per heavy atom. The second-order valence-corrected chi connectivity index (χ2v) is 5.72. The minimum Gasteiger partial charge on any atom is -0.481 e. The topological polar surface area (TPSA) is 64.3 Å². The molecule has 2 rings (SSSR count). The van der Waals surface area contributed by atoms with Crippen molar-refractivity contribution in [3.05, 3.63) is 35.4 Å². The summed E-state index contributed by atoms with van der Waals surface area (Å²) >= 11 is 1.80. The molecule has 0 amide bonds. The summed E-state index contributed by atoms with van der Waals surface area (Å²) < 4.78 is 0. The summed E-state index contributed by atoms with van der Waals surface area (Å²) in [7, 11) is 0. The van der Waals surface area contributed by atoms with Gasteiger partial charge in [0.2, 0.25) is 0 Å². The molecular weight excluding hydrogens is 260 g/mol. The number of hydrogen-bond donors (Lipinski definition) is 1. The monoisotopic (exact) mass is 276 g/mol. The van der Waals surface area contributed by atoms with E-state index < -0.39 is 5.97 Å². The number of hydrogen-bond acceptors (Lipinski definition) is 4. The molecule has 0 bridgehead atoms. The maximum Gasteiger partial charge on any atom is 0.304 e. The standard InChI is InChI=1S/C14H16N2O2S/c15-8-11-3-1-2-4-12(11)9-16-5-6-19-10-13(16)7-14(17)18/h1-4,13H,5-7,9-10H2,(H,17,18). The van der Waals surface area contributed by atoms with Crippen LogP contribution in [0.2, 0.25) is 0 Å². The van der Waals surface area contributed by atoms with E-state index in [0.29, 0.717) is 12.1 Å². The maximum absolute atomic E-state index is 10.9. The second-order valence-electron chi connectivity index (χ2n) is 4.57. The number of aliphatic carboxylic acids is 1. The summed E-state index contributed by atoms with van der Waals surface area (Å²) in [6.07, 6.45) is 0.168. The minimum atomic E-state index is -0.758. The van der Waals surface area contributed by atoms with Gasteiger partial charge in [0.15, 0.2) is 0 Å². The van der Waals surface area contributed by atoms with Crippen LogP contribution in [-0.4, -0.2) is 40.1 Å².